The van der Waals surface area contributed by atoms with Gasteiger partial charge in [-0.1, -0.05) is 75.7 Å². The molecule has 0 N–H and O–H groups in total. The number of hydrogen-bond donors (Lipinski definition) is 0. The molecule has 7 nitrogen and oxygen atoms in total. The van der Waals surface area contributed by atoms with Crippen molar-refractivity contribution in [3.8, 4) is 22.4 Å². The van der Waals surface area contributed by atoms with Crippen LogP contribution in [-0.4, -0.2) is 62.4 Å². The highest BCUT2D eigenvalue weighted by molar-refractivity contribution is 14.1. The molecule has 3 aromatic heterocycles. The monoisotopic (exact) mass is 673 g/mol. The molecule has 1 aromatic carbocycles. The first-order valence-electron chi connectivity index (χ1n) is 13.5. The van der Waals surface area contributed by atoms with Crippen LogP contribution in [0.25, 0.3) is 28.0 Å². The summed E-state index contributed by atoms with van der Waals surface area (Å²) in [5.41, 5.74) is 4.75. The Morgan fingerprint density at radius 1 is 0.821 bits per heavy atom. The van der Waals surface area contributed by atoms with Crippen LogP contribution in [0, 0.1) is 3.70 Å². The Bertz CT molecular complexity index is 1330. The van der Waals surface area contributed by atoms with E-state index in [9.17, 15) is 0 Å². The molecule has 4 aromatic rings. The molecule has 0 spiro atoms. The Hall–Kier alpha value is -2.13. The number of aromatic nitrogens is 4. The van der Waals surface area contributed by atoms with Crippen LogP contribution < -0.4 is 4.90 Å². The first kappa shape index (κ1) is 29.8. The lowest BCUT2D eigenvalue weighted by molar-refractivity contribution is 0.0942. The number of pyridine rings is 1. The summed E-state index contributed by atoms with van der Waals surface area (Å²) >= 11 is 2.28. The van der Waals surface area contributed by atoms with Crippen LogP contribution in [0.1, 0.15) is 0 Å². The lowest BCUT2D eigenvalue weighted by atomic mass is 10.1. The zero-order chi connectivity index (χ0) is 28.0. The van der Waals surface area contributed by atoms with E-state index in [2.05, 4.69) is 85.0 Å². The minimum absolute atomic E-state index is 0.440. The molecule has 0 amide bonds. The van der Waals surface area contributed by atoms with Gasteiger partial charge in [-0.05, 0) is 40.7 Å². The third kappa shape index (κ3) is 8.68. The van der Waals surface area contributed by atoms with E-state index in [1.807, 2.05) is 47.2 Å². The first-order valence-corrected chi connectivity index (χ1v) is 22.0. The van der Waals surface area contributed by atoms with Crippen LogP contribution in [0.4, 0.5) is 5.82 Å². The molecule has 10 heteroatoms. The van der Waals surface area contributed by atoms with E-state index in [4.69, 9.17) is 24.5 Å². The van der Waals surface area contributed by atoms with Crippen molar-refractivity contribution in [2.24, 2.45) is 0 Å². The van der Waals surface area contributed by atoms with Gasteiger partial charge < -0.3 is 14.4 Å². The SMILES string of the molecule is C[Si](C)(C)CCOCN(COCC[Si](C)(C)C)c1cc(I)nc2c(-c3ccc(-c4ccccc4)nc3)cnn12. The fraction of sp³-hybridized carbons (Fsp3) is 0.414. The molecule has 0 bridgehead atoms. The summed E-state index contributed by atoms with van der Waals surface area (Å²) in [7, 11) is -2.36. The largest absolute Gasteiger partial charge is 0.361 e. The number of ether oxygens (including phenoxy) is 2. The van der Waals surface area contributed by atoms with Crippen LogP contribution >= 0.6 is 22.6 Å². The zero-order valence-corrected chi connectivity index (χ0v) is 28.1. The maximum atomic E-state index is 6.18. The standard InChI is InChI=1S/C29H40IN5O2Si2/c1-38(2,3)16-14-36-21-34(22-37-15-17-39(4,5)6)28-18-27(30)33-29-25(20-32-35(28)29)24-12-13-26(31-19-24)23-10-8-7-9-11-23/h7-13,18-20H,14-17,21-22H2,1-6H3. The normalized spacial score (nSPS) is 12.3. The van der Waals surface area contributed by atoms with Gasteiger partial charge in [0.15, 0.2) is 5.65 Å². The van der Waals surface area contributed by atoms with Gasteiger partial charge in [-0.2, -0.15) is 9.61 Å². The topological polar surface area (TPSA) is 64.8 Å². The lowest BCUT2D eigenvalue weighted by Crippen LogP contribution is -2.33. The van der Waals surface area contributed by atoms with Crippen molar-refractivity contribution in [1.29, 1.82) is 0 Å². The van der Waals surface area contributed by atoms with E-state index < -0.39 is 16.1 Å². The van der Waals surface area contributed by atoms with Crippen molar-refractivity contribution in [3.05, 3.63) is 64.6 Å². The van der Waals surface area contributed by atoms with Crippen molar-refractivity contribution in [3.63, 3.8) is 0 Å². The van der Waals surface area contributed by atoms with Crippen molar-refractivity contribution >= 4 is 50.2 Å². The second-order valence-electron chi connectivity index (χ2n) is 12.3. The maximum Gasteiger partial charge on any atom is 0.166 e. The molecule has 0 saturated heterocycles. The first-order chi connectivity index (χ1) is 18.5. The smallest absolute Gasteiger partial charge is 0.166 e. The van der Waals surface area contributed by atoms with Gasteiger partial charge in [-0.3, -0.25) is 4.98 Å². The fourth-order valence-corrected chi connectivity index (χ4v) is 5.98. The van der Waals surface area contributed by atoms with E-state index in [1.54, 1.807) is 0 Å². The number of fused-ring (bicyclic) bond motifs is 1. The van der Waals surface area contributed by atoms with Gasteiger partial charge in [0.2, 0.25) is 0 Å². The summed E-state index contributed by atoms with van der Waals surface area (Å²) in [4.78, 5) is 11.7. The molecule has 0 aliphatic heterocycles. The number of rotatable bonds is 13. The molecular weight excluding hydrogens is 633 g/mol. The van der Waals surface area contributed by atoms with Gasteiger partial charge >= 0.3 is 0 Å². The van der Waals surface area contributed by atoms with Crippen molar-refractivity contribution < 1.29 is 9.47 Å². The second kappa shape index (κ2) is 13.0. The van der Waals surface area contributed by atoms with E-state index >= 15 is 0 Å². The quantitative estimate of drug-likeness (QED) is 0.0482. The molecule has 0 radical (unpaired) electrons. The van der Waals surface area contributed by atoms with Crippen LogP contribution in [0.5, 0.6) is 0 Å². The molecular formula is C29H40IN5O2Si2. The van der Waals surface area contributed by atoms with E-state index in [0.29, 0.717) is 13.5 Å². The molecule has 0 aliphatic carbocycles. The average molecular weight is 674 g/mol. The molecule has 4 rings (SSSR count). The van der Waals surface area contributed by atoms with Gasteiger partial charge in [-0.25, -0.2) is 4.98 Å². The summed E-state index contributed by atoms with van der Waals surface area (Å²) < 4.78 is 15.1. The van der Waals surface area contributed by atoms with E-state index in [1.165, 1.54) is 0 Å². The minimum Gasteiger partial charge on any atom is -0.361 e. The van der Waals surface area contributed by atoms with Crippen LogP contribution in [-0.2, 0) is 9.47 Å². The van der Waals surface area contributed by atoms with Crippen molar-refractivity contribution in [2.75, 3.05) is 31.6 Å². The molecule has 0 atom stereocenters. The van der Waals surface area contributed by atoms with Gasteiger partial charge in [-0.15, -0.1) is 0 Å². The summed E-state index contributed by atoms with van der Waals surface area (Å²) in [6.07, 6.45) is 3.77. The summed E-state index contributed by atoms with van der Waals surface area (Å²) in [5, 5.41) is 4.76. The molecule has 0 saturated carbocycles. The molecule has 0 fully saturated rings. The maximum absolute atomic E-state index is 6.18. The number of halogens is 1. The highest BCUT2D eigenvalue weighted by Gasteiger charge is 2.19. The summed E-state index contributed by atoms with van der Waals surface area (Å²) in [6, 6.07) is 18.6. The highest BCUT2D eigenvalue weighted by atomic mass is 127. The number of nitrogens with zero attached hydrogens (tertiary/aromatic N) is 5. The molecule has 3 heterocycles. The Kier molecular flexibility index (Phi) is 9.97. The molecule has 0 aliphatic rings. The summed E-state index contributed by atoms with van der Waals surface area (Å²) in [5.74, 6) is 0.908. The molecule has 0 unspecified atom stereocenters. The summed E-state index contributed by atoms with van der Waals surface area (Å²) in [6.45, 7) is 16.6. The number of hydrogen-bond acceptors (Lipinski definition) is 6. The Morgan fingerprint density at radius 3 is 2.03 bits per heavy atom. The van der Waals surface area contributed by atoms with Crippen LogP contribution in [0.15, 0.2) is 60.9 Å². The van der Waals surface area contributed by atoms with E-state index in [0.717, 1.165) is 62.9 Å². The lowest BCUT2D eigenvalue weighted by Gasteiger charge is -2.26. The highest BCUT2D eigenvalue weighted by Crippen LogP contribution is 2.29. The Morgan fingerprint density at radius 2 is 1.46 bits per heavy atom. The average Bonchev–Trinajstić information content (AvgIpc) is 3.30. The number of benzene rings is 1. The third-order valence-corrected chi connectivity index (χ3v) is 10.3. The Labute approximate surface area is 248 Å². The van der Waals surface area contributed by atoms with Gasteiger partial charge in [0, 0.05) is 58.3 Å². The van der Waals surface area contributed by atoms with Crippen molar-refractivity contribution in [1.82, 2.24) is 19.6 Å². The van der Waals surface area contributed by atoms with Crippen LogP contribution in [0.3, 0.4) is 0 Å². The minimum atomic E-state index is -1.18. The zero-order valence-electron chi connectivity index (χ0n) is 23.9. The van der Waals surface area contributed by atoms with Crippen LogP contribution in [0.2, 0.25) is 51.4 Å². The Balaban J connectivity index is 1.60. The van der Waals surface area contributed by atoms with Gasteiger partial charge in [0.05, 0.1) is 11.9 Å². The number of anilines is 1. The second-order valence-corrected chi connectivity index (χ2v) is 24.6. The molecule has 208 valence electrons. The fourth-order valence-electron chi connectivity index (χ4n) is 3.96. The molecule has 39 heavy (non-hydrogen) atoms. The van der Waals surface area contributed by atoms with Crippen molar-refractivity contribution in [2.45, 2.75) is 51.4 Å². The van der Waals surface area contributed by atoms with Gasteiger partial charge in [0.1, 0.15) is 23.0 Å². The van der Waals surface area contributed by atoms with Gasteiger partial charge in [0.25, 0.3) is 0 Å². The van der Waals surface area contributed by atoms with E-state index in [-0.39, 0.29) is 0 Å². The predicted octanol–water partition coefficient (Wildman–Crippen LogP) is 7.49. The predicted molar refractivity (Wildman–Crippen MR) is 175 cm³/mol. The third-order valence-electron chi connectivity index (χ3n) is 6.38.